The maximum atomic E-state index is 15.6. The number of halogens is 4. The molecule has 1 unspecified atom stereocenters. The number of hydrogen-bond donors (Lipinski definition) is 1. The minimum atomic E-state index is -4.35. The first-order chi connectivity index (χ1) is 19.6. The van der Waals surface area contributed by atoms with Crippen LogP contribution in [0.1, 0.15) is 55.8 Å². The highest BCUT2D eigenvalue weighted by atomic mass is 32.2. The third kappa shape index (κ3) is 8.82. The highest BCUT2D eigenvalue weighted by molar-refractivity contribution is 7.99. The van der Waals surface area contributed by atoms with Crippen LogP contribution in [0.4, 0.5) is 17.6 Å². The predicted octanol–water partition coefficient (Wildman–Crippen LogP) is 8.04. The van der Waals surface area contributed by atoms with Gasteiger partial charge >= 0.3 is 12.1 Å². The van der Waals surface area contributed by atoms with Gasteiger partial charge in [-0.2, -0.15) is 13.2 Å². The van der Waals surface area contributed by atoms with Gasteiger partial charge in [-0.1, -0.05) is 6.07 Å². The molecule has 1 N–H and O–H groups in total. The van der Waals surface area contributed by atoms with Gasteiger partial charge in [0.1, 0.15) is 11.9 Å². The number of aliphatic carboxylic acids is 1. The first kappa shape index (κ1) is 31.1. The van der Waals surface area contributed by atoms with Gasteiger partial charge in [-0.3, -0.25) is 9.78 Å². The fraction of sp³-hybridized carbons (Fsp3) is 0.484. The molecule has 0 saturated carbocycles. The summed E-state index contributed by atoms with van der Waals surface area (Å²) in [6.07, 6.45) is -0.597. The Balaban J connectivity index is 1.31. The summed E-state index contributed by atoms with van der Waals surface area (Å²) in [5.41, 5.74) is 0.662. The number of piperidine rings is 1. The Kier molecular flexibility index (Phi) is 10.9. The van der Waals surface area contributed by atoms with Crippen molar-refractivity contribution < 1.29 is 32.2 Å². The number of nitrogens with zero attached hydrogens (tertiary/aromatic N) is 2. The van der Waals surface area contributed by atoms with Crippen LogP contribution in [0.25, 0.3) is 10.9 Å². The van der Waals surface area contributed by atoms with Gasteiger partial charge < -0.3 is 14.7 Å². The molecule has 10 heteroatoms. The van der Waals surface area contributed by atoms with Gasteiger partial charge in [0.2, 0.25) is 0 Å². The number of aromatic nitrogens is 1. The van der Waals surface area contributed by atoms with E-state index in [0.29, 0.717) is 46.7 Å². The quantitative estimate of drug-likeness (QED) is 0.123. The fourth-order valence-corrected chi connectivity index (χ4v) is 6.57. The number of hydrogen-bond acceptors (Lipinski definition) is 5. The van der Waals surface area contributed by atoms with Crippen molar-refractivity contribution in [3.05, 3.63) is 65.9 Å². The Labute approximate surface area is 242 Å². The Bertz CT molecular complexity index is 1310. The van der Waals surface area contributed by atoms with Crippen molar-refractivity contribution in [2.75, 3.05) is 32.5 Å². The van der Waals surface area contributed by atoms with Crippen LogP contribution in [0, 0.1) is 11.8 Å². The van der Waals surface area contributed by atoms with Crippen LogP contribution in [0.2, 0.25) is 0 Å². The monoisotopic (exact) mass is 592 g/mol. The van der Waals surface area contributed by atoms with Crippen molar-refractivity contribution in [3.8, 4) is 5.75 Å². The summed E-state index contributed by atoms with van der Waals surface area (Å²) in [4.78, 5) is 18.6. The topological polar surface area (TPSA) is 62.7 Å². The molecule has 222 valence electrons. The van der Waals surface area contributed by atoms with Crippen molar-refractivity contribution in [1.29, 1.82) is 0 Å². The zero-order valence-electron chi connectivity index (χ0n) is 23.1. The lowest BCUT2D eigenvalue weighted by atomic mass is 9.79. The molecule has 0 spiro atoms. The van der Waals surface area contributed by atoms with Gasteiger partial charge in [0, 0.05) is 29.4 Å². The lowest BCUT2D eigenvalue weighted by Gasteiger charge is -2.39. The molecule has 1 aromatic heterocycles. The van der Waals surface area contributed by atoms with E-state index in [-0.39, 0.29) is 18.3 Å². The number of likely N-dealkylation sites (tertiary alicyclic amines) is 1. The number of benzene rings is 2. The highest BCUT2D eigenvalue weighted by Gasteiger charge is 2.31. The van der Waals surface area contributed by atoms with Crippen LogP contribution >= 0.6 is 11.8 Å². The van der Waals surface area contributed by atoms with E-state index in [9.17, 15) is 23.1 Å². The SMILES string of the molecule is COc1ccc2nccc(C(F)CC[C@@H]3CCN(CCCSc4cccc(C(F)(F)F)c4)C[C@@H]3CCC(=O)O)c2c1. The van der Waals surface area contributed by atoms with Crippen molar-refractivity contribution in [1.82, 2.24) is 9.88 Å². The number of thioether (sulfide) groups is 1. The molecular weight excluding hydrogens is 556 g/mol. The molecule has 1 fully saturated rings. The van der Waals surface area contributed by atoms with Crippen molar-refractivity contribution in [2.24, 2.45) is 11.8 Å². The second kappa shape index (κ2) is 14.4. The van der Waals surface area contributed by atoms with E-state index in [1.54, 1.807) is 31.5 Å². The molecule has 0 amide bonds. The number of methoxy groups -OCH3 is 1. The standard InChI is InChI=1S/C31H36F4N2O3S/c1-40-24-8-10-29-27(19-24)26(12-14-36-29)28(32)9-6-21-13-16-37(20-22(21)7-11-30(38)39)15-3-17-41-25-5-2-4-23(18-25)31(33,34)35/h2,4-5,8,10,12,14,18-19,21-22,28H,3,6-7,9,11,13,15-17,20H2,1H3,(H,38,39)/t21-,22+,28?/m1/s1. The molecule has 3 atom stereocenters. The number of carboxylic acid groups (broad SMARTS) is 1. The number of ether oxygens (including phenoxy) is 1. The molecule has 1 aliphatic rings. The molecule has 2 heterocycles. The Morgan fingerprint density at radius 2 is 2.00 bits per heavy atom. The largest absolute Gasteiger partial charge is 0.497 e. The minimum absolute atomic E-state index is 0.0776. The molecule has 4 rings (SSSR count). The molecule has 2 aromatic carbocycles. The summed E-state index contributed by atoms with van der Waals surface area (Å²) in [5, 5.41) is 10.0. The molecule has 41 heavy (non-hydrogen) atoms. The third-order valence-corrected chi connectivity index (χ3v) is 8.94. The van der Waals surface area contributed by atoms with Crippen LogP contribution in [-0.2, 0) is 11.0 Å². The molecule has 5 nitrogen and oxygen atoms in total. The maximum Gasteiger partial charge on any atom is 0.416 e. The summed E-state index contributed by atoms with van der Waals surface area (Å²) in [6.45, 7) is 2.38. The van der Waals surface area contributed by atoms with Gasteiger partial charge in [-0.05, 0) is 111 Å². The van der Waals surface area contributed by atoms with E-state index in [0.717, 1.165) is 43.9 Å². The fourth-order valence-electron chi connectivity index (χ4n) is 5.68. The van der Waals surface area contributed by atoms with Gasteiger partial charge in [-0.15, -0.1) is 11.8 Å². The van der Waals surface area contributed by atoms with E-state index in [4.69, 9.17) is 4.74 Å². The van der Waals surface area contributed by atoms with Gasteiger partial charge in [0.25, 0.3) is 0 Å². The summed E-state index contributed by atoms with van der Waals surface area (Å²) in [7, 11) is 1.57. The van der Waals surface area contributed by atoms with Crippen molar-refractivity contribution >= 4 is 28.6 Å². The summed E-state index contributed by atoms with van der Waals surface area (Å²) >= 11 is 1.41. The summed E-state index contributed by atoms with van der Waals surface area (Å²) < 4.78 is 59.8. The third-order valence-electron chi connectivity index (χ3n) is 7.86. The second-order valence-electron chi connectivity index (χ2n) is 10.6. The molecule has 3 aromatic rings. The lowest BCUT2D eigenvalue weighted by molar-refractivity contribution is -0.138. The van der Waals surface area contributed by atoms with Gasteiger partial charge in [0.15, 0.2) is 0 Å². The Morgan fingerprint density at radius 1 is 1.17 bits per heavy atom. The van der Waals surface area contributed by atoms with Crippen molar-refractivity contribution in [2.45, 2.75) is 55.8 Å². The van der Waals surface area contributed by atoms with Crippen molar-refractivity contribution in [3.63, 3.8) is 0 Å². The minimum Gasteiger partial charge on any atom is -0.497 e. The highest BCUT2D eigenvalue weighted by Crippen LogP contribution is 2.37. The Hall–Kier alpha value is -2.85. The second-order valence-corrected chi connectivity index (χ2v) is 11.8. The number of rotatable bonds is 13. The number of carbonyl (C=O) groups is 1. The molecular formula is C31H36F4N2O3S. The van der Waals surface area contributed by atoms with Crippen LogP contribution in [-0.4, -0.2) is 53.5 Å². The number of alkyl halides is 4. The zero-order chi connectivity index (χ0) is 29.4. The molecule has 1 aliphatic heterocycles. The average Bonchev–Trinajstić information content (AvgIpc) is 2.96. The first-order valence-corrected chi connectivity index (χ1v) is 14.9. The van der Waals surface area contributed by atoms with E-state index >= 15 is 4.39 Å². The normalized spacial score (nSPS) is 18.9. The van der Waals surface area contributed by atoms with Gasteiger partial charge in [0.05, 0.1) is 18.2 Å². The van der Waals surface area contributed by atoms with Gasteiger partial charge in [-0.25, -0.2) is 4.39 Å². The smallest absolute Gasteiger partial charge is 0.416 e. The first-order valence-electron chi connectivity index (χ1n) is 13.9. The van der Waals surface area contributed by atoms with Crippen LogP contribution in [0.5, 0.6) is 5.75 Å². The molecule has 0 radical (unpaired) electrons. The lowest BCUT2D eigenvalue weighted by Crippen LogP contribution is -2.41. The summed E-state index contributed by atoms with van der Waals surface area (Å²) in [6, 6.07) is 12.5. The average molecular weight is 593 g/mol. The summed E-state index contributed by atoms with van der Waals surface area (Å²) in [5.74, 6) is 0.880. The number of pyridine rings is 1. The van der Waals surface area contributed by atoms with E-state index in [1.165, 1.54) is 23.9 Å². The predicted molar refractivity (Wildman–Crippen MR) is 153 cm³/mol. The zero-order valence-corrected chi connectivity index (χ0v) is 23.9. The van der Waals surface area contributed by atoms with Crippen LogP contribution in [0.15, 0.2) is 59.6 Å². The van der Waals surface area contributed by atoms with E-state index in [2.05, 4.69) is 9.88 Å². The number of fused-ring (bicyclic) bond motifs is 1. The maximum absolute atomic E-state index is 15.6. The van der Waals surface area contributed by atoms with E-state index < -0.39 is 23.9 Å². The van der Waals surface area contributed by atoms with E-state index in [1.807, 2.05) is 12.1 Å². The molecule has 0 aliphatic carbocycles. The van der Waals surface area contributed by atoms with Crippen LogP contribution in [0.3, 0.4) is 0 Å². The Morgan fingerprint density at radius 3 is 2.76 bits per heavy atom. The molecule has 1 saturated heterocycles. The molecule has 0 bridgehead atoms. The number of carboxylic acids is 1. The van der Waals surface area contributed by atoms with Crippen LogP contribution < -0.4 is 4.74 Å².